The normalized spacial score (nSPS) is 16.6. The number of carbonyl (C=O) groups excluding carboxylic acids is 2. The highest BCUT2D eigenvalue weighted by Crippen LogP contribution is 2.24. The number of rotatable bonds is 5. The fraction of sp³-hybridized carbons (Fsp3) is 0.400. The van der Waals surface area contributed by atoms with Gasteiger partial charge < -0.3 is 15.1 Å². The molecule has 1 aliphatic rings. The number of aryl methyl sites for hydroxylation is 1. The van der Waals surface area contributed by atoms with Gasteiger partial charge in [0, 0.05) is 36.9 Å². The van der Waals surface area contributed by atoms with Crippen LogP contribution in [0.4, 0.5) is 11.4 Å². The standard InChI is InChI=1S/C20H25N3O2S/c1-14-12-15(22(2)3)8-9-17(14)21-20(25)18-7-4-10-23(18)19(24)13-16-6-5-11-26-16/h5-6,8-9,11-12,18H,4,7,10,13H2,1-3H3,(H,21,25). The first-order valence-corrected chi connectivity index (χ1v) is 9.74. The predicted octanol–water partition coefficient (Wildman–Crippen LogP) is 3.29. The lowest BCUT2D eigenvalue weighted by Gasteiger charge is -2.24. The monoisotopic (exact) mass is 371 g/mol. The number of anilines is 2. The molecule has 1 aromatic carbocycles. The largest absolute Gasteiger partial charge is 0.378 e. The van der Waals surface area contributed by atoms with Crippen LogP contribution in [0, 0.1) is 6.92 Å². The molecule has 1 N–H and O–H groups in total. The number of hydrogen-bond donors (Lipinski definition) is 1. The van der Waals surface area contributed by atoms with Crippen LogP contribution >= 0.6 is 11.3 Å². The maximum atomic E-state index is 12.8. The van der Waals surface area contributed by atoms with E-state index in [1.54, 1.807) is 16.2 Å². The van der Waals surface area contributed by atoms with Crippen LogP contribution in [0.3, 0.4) is 0 Å². The minimum absolute atomic E-state index is 0.0322. The first kappa shape index (κ1) is 18.5. The molecular formula is C20H25N3O2S. The Kier molecular flexibility index (Phi) is 5.61. The summed E-state index contributed by atoms with van der Waals surface area (Å²) in [7, 11) is 3.98. The van der Waals surface area contributed by atoms with Crippen molar-refractivity contribution in [3.05, 3.63) is 46.2 Å². The van der Waals surface area contributed by atoms with Gasteiger partial charge in [-0.25, -0.2) is 0 Å². The highest BCUT2D eigenvalue weighted by Gasteiger charge is 2.34. The second kappa shape index (κ2) is 7.91. The molecule has 0 saturated carbocycles. The van der Waals surface area contributed by atoms with E-state index >= 15 is 0 Å². The van der Waals surface area contributed by atoms with E-state index in [4.69, 9.17) is 0 Å². The van der Waals surface area contributed by atoms with E-state index in [1.165, 1.54) is 0 Å². The number of carbonyl (C=O) groups is 2. The number of benzene rings is 1. The van der Waals surface area contributed by atoms with Crippen molar-refractivity contribution in [2.24, 2.45) is 0 Å². The summed E-state index contributed by atoms with van der Waals surface area (Å²) in [4.78, 5) is 30.2. The molecule has 0 spiro atoms. The zero-order chi connectivity index (χ0) is 18.7. The van der Waals surface area contributed by atoms with E-state index in [0.29, 0.717) is 13.0 Å². The summed E-state index contributed by atoms with van der Waals surface area (Å²) in [6.45, 7) is 2.64. The van der Waals surface area contributed by atoms with E-state index in [0.717, 1.165) is 34.7 Å². The van der Waals surface area contributed by atoms with Crippen LogP contribution in [0.15, 0.2) is 35.7 Å². The summed E-state index contributed by atoms with van der Waals surface area (Å²) < 4.78 is 0. The molecule has 1 fully saturated rings. The lowest BCUT2D eigenvalue weighted by Crippen LogP contribution is -2.43. The lowest BCUT2D eigenvalue weighted by molar-refractivity contribution is -0.136. The zero-order valence-corrected chi connectivity index (χ0v) is 16.3. The van der Waals surface area contributed by atoms with Gasteiger partial charge in [0.25, 0.3) is 0 Å². The number of thiophene rings is 1. The molecule has 6 heteroatoms. The second-order valence-corrected chi connectivity index (χ2v) is 7.92. The molecule has 1 unspecified atom stereocenters. The summed E-state index contributed by atoms with van der Waals surface area (Å²) in [6, 6.07) is 9.48. The summed E-state index contributed by atoms with van der Waals surface area (Å²) in [6.07, 6.45) is 1.96. The molecule has 2 amide bonds. The van der Waals surface area contributed by atoms with Crippen LogP contribution in [0.5, 0.6) is 0 Å². The Morgan fingerprint density at radius 3 is 2.77 bits per heavy atom. The summed E-state index contributed by atoms with van der Waals surface area (Å²) in [5, 5.41) is 4.98. The van der Waals surface area contributed by atoms with Crippen molar-refractivity contribution >= 4 is 34.5 Å². The maximum Gasteiger partial charge on any atom is 0.247 e. The summed E-state index contributed by atoms with van der Waals surface area (Å²) >= 11 is 1.58. The third kappa shape index (κ3) is 4.07. The highest BCUT2D eigenvalue weighted by atomic mass is 32.1. The van der Waals surface area contributed by atoms with Crippen LogP contribution in [-0.2, 0) is 16.0 Å². The van der Waals surface area contributed by atoms with Crippen LogP contribution in [0.1, 0.15) is 23.3 Å². The van der Waals surface area contributed by atoms with Gasteiger partial charge in [0.05, 0.1) is 6.42 Å². The molecule has 1 saturated heterocycles. The molecule has 0 radical (unpaired) electrons. The predicted molar refractivity (Wildman–Crippen MR) is 107 cm³/mol. The Morgan fingerprint density at radius 2 is 2.12 bits per heavy atom. The fourth-order valence-corrected chi connectivity index (χ4v) is 3.98. The Balaban J connectivity index is 1.67. The Labute approximate surface area is 158 Å². The van der Waals surface area contributed by atoms with Crippen LogP contribution in [0.2, 0.25) is 0 Å². The van der Waals surface area contributed by atoms with Gasteiger partial charge in [-0.1, -0.05) is 6.07 Å². The van der Waals surface area contributed by atoms with Crippen molar-refractivity contribution < 1.29 is 9.59 Å². The van der Waals surface area contributed by atoms with Crippen LogP contribution in [-0.4, -0.2) is 43.4 Å². The number of nitrogens with one attached hydrogen (secondary N) is 1. The van der Waals surface area contributed by atoms with Gasteiger partial charge in [0.15, 0.2) is 0 Å². The minimum Gasteiger partial charge on any atom is -0.378 e. The molecule has 26 heavy (non-hydrogen) atoms. The van der Waals surface area contributed by atoms with Crippen LogP contribution in [0.25, 0.3) is 0 Å². The van der Waals surface area contributed by atoms with E-state index < -0.39 is 0 Å². The fourth-order valence-electron chi connectivity index (χ4n) is 3.28. The lowest BCUT2D eigenvalue weighted by atomic mass is 10.1. The third-order valence-electron chi connectivity index (χ3n) is 4.77. The first-order chi connectivity index (χ1) is 12.5. The topological polar surface area (TPSA) is 52.7 Å². The van der Waals surface area contributed by atoms with Gasteiger partial charge in [0.2, 0.25) is 11.8 Å². The Morgan fingerprint density at radius 1 is 1.31 bits per heavy atom. The summed E-state index contributed by atoms with van der Waals surface area (Å²) in [5.41, 5.74) is 2.91. The highest BCUT2D eigenvalue weighted by molar-refractivity contribution is 7.10. The van der Waals surface area contributed by atoms with Crippen LogP contribution < -0.4 is 10.2 Å². The van der Waals surface area contributed by atoms with Crippen molar-refractivity contribution in [2.75, 3.05) is 30.9 Å². The Bertz CT molecular complexity index is 786. The molecule has 1 aromatic heterocycles. The molecule has 0 bridgehead atoms. The molecule has 2 aromatic rings. The minimum atomic E-state index is -0.379. The van der Waals surface area contributed by atoms with E-state index in [1.807, 2.05) is 61.6 Å². The van der Waals surface area contributed by atoms with Gasteiger partial charge in [-0.15, -0.1) is 11.3 Å². The first-order valence-electron chi connectivity index (χ1n) is 8.86. The molecule has 1 aliphatic heterocycles. The molecule has 0 aliphatic carbocycles. The molecule has 2 heterocycles. The van der Waals surface area contributed by atoms with Gasteiger partial charge in [-0.05, 0) is 55.0 Å². The van der Waals surface area contributed by atoms with Gasteiger partial charge in [0.1, 0.15) is 6.04 Å². The van der Waals surface area contributed by atoms with E-state index in [-0.39, 0.29) is 17.9 Å². The van der Waals surface area contributed by atoms with E-state index in [9.17, 15) is 9.59 Å². The van der Waals surface area contributed by atoms with Gasteiger partial charge in [-0.3, -0.25) is 9.59 Å². The molecule has 1 atom stereocenters. The number of likely N-dealkylation sites (tertiary alicyclic amines) is 1. The molecule has 138 valence electrons. The quantitative estimate of drug-likeness (QED) is 0.877. The SMILES string of the molecule is Cc1cc(N(C)C)ccc1NC(=O)C1CCCN1C(=O)Cc1cccs1. The van der Waals surface area contributed by atoms with Gasteiger partial charge >= 0.3 is 0 Å². The summed E-state index contributed by atoms with van der Waals surface area (Å²) in [5.74, 6) is -0.0625. The Hall–Kier alpha value is -2.34. The van der Waals surface area contributed by atoms with Gasteiger partial charge in [-0.2, -0.15) is 0 Å². The van der Waals surface area contributed by atoms with Crippen molar-refractivity contribution in [1.82, 2.24) is 4.90 Å². The number of nitrogens with zero attached hydrogens (tertiary/aromatic N) is 2. The van der Waals surface area contributed by atoms with Crippen molar-refractivity contribution in [2.45, 2.75) is 32.2 Å². The third-order valence-corrected chi connectivity index (χ3v) is 5.64. The number of amides is 2. The second-order valence-electron chi connectivity index (χ2n) is 6.88. The average molecular weight is 372 g/mol. The zero-order valence-electron chi connectivity index (χ0n) is 15.5. The van der Waals surface area contributed by atoms with Crippen molar-refractivity contribution in [3.63, 3.8) is 0 Å². The molecule has 5 nitrogen and oxygen atoms in total. The number of hydrogen-bond acceptors (Lipinski definition) is 4. The average Bonchev–Trinajstić information content (AvgIpc) is 3.27. The van der Waals surface area contributed by atoms with Crippen molar-refractivity contribution in [1.29, 1.82) is 0 Å². The smallest absolute Gasteiger partial charge is 0.247 e. The molecular weight excluding hydrogens is 346 g/mol. The van der Waals surface area contributed by atoms with Crippen molar-refractivity contribution in [3.8, 4) is 0 Å². The maximum absolute atomic E-state index is 12.8. The molecule has 3 rings (SSSR count). The van der Waals surface area contributed by atoms with E-state index in [2.05, 4.69) is 5.32 Å².